The maximum absolute atomic E-state index is 12.2. The zero-order valence-electron chi connectivity index (χ0n) is 11.1. The SMILES string of the molecule is COc1ccc(N)c(C(=O)Nc2nc3c(s2)CCC3)c1. The quantitative estimate of drug-likeness (QED) is 0.851. The van der Waals surface area contributed by atoms with Crippen molar-refractivity contribution in [2.45, 2.75) is 19.3 Å². The summed E-state index contributed by atoms with van der Waals surface area (Å²) >= 11 is 1.55. The lowest BCUT2D eigenvalue weighted by molar-refractivity contribution is 0.102. The summed E-state index contributed by atoms with van der Waals surface area (Å²) in [7, 11) is 1.55. The standard InChI is InChI=1S/C14H15N3O2S/c1-19-8-5-6-10(15)9(7-8)13(18)17-14-16-11-3-2-4-12(11)20-14/h5-7H,2-4,15H2,1H3,(H,16,17,18). The maximum atomic E-state index is 12.2. The molecular formula is C14H15N3O2S. The van der Waals surface area contributed by atoms with Crippen LogP contribution in [-0.2, 0) is 12.8 Å². The third-order valence-electron chi connectivity index (χ3n) is 3.32. The number of rotatable bonds is 3. The third-order valence-corrected chi connectivity index (χ3v) is 4.39. The number of hydrogen-bond donors (Lipinski definition) is 2. The predicted octanol–water partition coefficient (Wildman–Crippen LogP) is 2.47. The molecule has 104 valence electrons. The van der Waals surface area contributed by atoms with Crippen LogP contribution in [0.25, 0.3) is 0 Å². The molecule has 0 fully saturated rings. The minimum atomic E-state index is -0.256. The number of aromatic nitrogens is 1. The van der Waals surface area contributed by atoms with Crippen LogP contribution in [0, 0.1) is 0 Å². The minimum absolute atomic E-state index is 0.256. The van der Waals surface area contributed by atoms with E-state index in [4.69, 9.17) is 10.5 Å². The first-order valence-electron chi connectivity index (χ1n) is 6.41. The monoisotopic (exact) mass is 289 g/mol. The van der Waals surface area contributed by atoms with Crippen LogP contribution in [0.3, 0.4) is 0 Å². The fraction of sp³-hybridized carbons (Fsp3) is 0.286. The van der Waals surface area contributed by atoms with Crippen molar-refractivity contribution < 1.29 is 9.53 Å². The van der Waals surface area contributed by atoms with E-state index in [-0.39, 0.29) is 5.91 Å². The highest BCUT2D eigenvalue weighted by molar-refractivity contribution is 7.16. The highest BCUT2D eigenvalue weighted by Gasteiger charge is 2.19. The summed E-state index contributed by atoms with van der Waals surface area (Å²) in [6, 6.07) is 5.02. The van der Waals surface area contributed by atoms with Crippen molar-refractivity contribution in [2.24, 2.45) is 0 Å². The highest BCUT2D eigenvalue weighted by atomic mass is 32.1. The van der Waals surface area contributed by atoms with Crippen molar-refractivity contribution in [2.75, 3.05) is 18.2 Å². The van der Waals surface area contributed by atoms with Crippen molar-refractivity contribution in [1.82, 2.24) is 4.98 Å². The molecule has 2 aromatic rings. The van der Waals surface area contributed by atoms with Gasteiger partial charge in [-0.15, -0.1) is 11.3 Å². The number of methoxy groups -OCH3 is 1. The van der Waals surface area contributed by atoms with Crippen LogP contribution in [-0.4, -0.2) is 18.0 Å². The van der Waals surface area contributed by atoms with E-state index in [1.165, 1.54) is 4.88 Å². The van der Waals surface area contributed by atoms with E-state index in [0.717, 1.165) is 25.0 Å². The van der Waals surface area contributed by atoms with Crippen molar-refractivity contribution in [3.8, 4) is 5.75 Å². The van der Waals surface area contributed by atoms with Crippen molar-refractivity contribution in [3.63, 3.8) is 0 Å². The molecule has 0 atom stereocenters. The van der Waals surface area contributed by atoms with E-state index in [1.54, 1.807) is 36.6 Å². The molecule has 1 aliphatic carbocycles. The molecule has 0 spiro atoms. The number of fused-ring (bicyclic) bond motifs is 1. The Labute approximate surface area is 120 Å². The molecule has 0 aliphatic heterocycles. The van der Waals surface area contributed by atoms with Gasteiger partial charge in [0.25, 0.3) is 5.91 Å². The Hall–Kier alpha value is -2.08. The van der Waals surface area contributed by atoms with Gasteiger partial charge in [0.1, 0.15) is 5.75 Å². The summed E-state index contributed by atoms with van der Waals surface area (Å²) in [6.45, 7) is 0. The van der Waals surface area contributed by atoms with Crippen LogP contribution < -0.4 is 15.8 Å². The molecule has 0 radical (unpaired) electrons. The zero-order valence-corrected chi connectivity index (χ0v) is 11.9. The molecule has 1 heterocycles. The number of carbonyl (C=O) groups excluding carboxylic acids is 1. The smallest absolute Gasteiger partial charge is 0.259 e. The molecular weight excluding hydrogens is 274 g/mol. The summed E-state index contributed by atoms with van der Waals surface area (Å²) < 4.78 is 5.11. The lowest BCUT2D eigenvalue weighted by Crippen LogP contribution is -2.14. The minimum Gasteiger partial charge on any atom is -0.497 e. The molecule has 1 aromatic carbocycles. The second kappa shape index (κ2) is 5.13. The largest absolute Gasteiger partial charge is 0.497 e. The molecule has 0 saturated heterocycles. The van der Waals surface area contributed by atoms with Gasteiger partial charge in [-0.25, -0.2) is 4.98 Å². The number of anilines is 2. The van der Waals surface area contributed by atoms with Crippen LogP contribution in [0.2, 0.25) is 0 Å². The first kappa shape index (κ1) is 12.9. The summed E-state index contributed by atoms with van der Waals surface area (Å²) in [4.78, 5) is 18.0. The van der Waals surface area contributed by atoms with Gasteiger partial charge in [0.05, 0.1) is 18.4 Å². The number of ether oxygens (including phenoxy) is 1. The first-order chi connectivity index (χ1) is 9.67. The Balaban J connectivity index is 1.81. The second-order valence-electron chi connectivity index (χ2n) is 4.65. The van der Waals surface area contributed by atoms with Gasteiger partial charge in [-0.2, -0.15) is 0 Å². The molecule has 3 N–H and O–H groups in total. The fourth-order valence-electron chi connectivity index (χ4n) is 2.27. The summed E-state index contributed by atoms with van der Waals surface area (Å²) in [5.74, 6) is 0.347. The number of carbonyl (C=O) groups is 1. The van der Waals surface area contributed by atoms with Crippen molar-refractivity contribution >= 4 is 28.1 Å². The second-order valence-corrected chi connectivity index (χ2v) is 5.73. The predicted molar refractivity (Wildman–Crippen MR) is 79.5 cm³/mol. The van der Waals surface area contributed by atoms with Gasteiger partial charge in [0, 0.05) is 10.6 Å². The van der Waals surface area contributed by atoms with Gasteiger partial charge in [-0.1, -0.05) is 0 Å². The summed E-state index contributed by atoms with van der Waals surface area (Å²) in [5.41, 5.74) is 7.78. The summed E-state index contributed by atoms with van der Waals surface area (Å²) in [5, 5.41) is 3.45. The average Bonchev–Trinajstić information content (AvgIpc) is 3.00. The van der Waals surface area contributed by atoms with E-state index >= 15 is 0 Å². The van der Waals surface area contributed by atoms with Crippen LogP contribution in [0.4, 0.5) is 10.8 Å². The van der Waals surface area contributed by atoms with E-state index < -0.39 is 0 Å². The fourth-order valence-corrected chi connectivity index (χ4v) is 3.31. The van der Waals surface area contributed by atoms with Crippen LogP contribution in [0.5, 0.6) is 5.75 Å². The Kier molecular flexibility index (Phi) is 3.31. The number of aryl methyl sites for hydroxylation is 2. The van der Waals surface area contributed by atoms with Crippen molar-refractivity contribution in [1.29, 1.82) is 0 Å². The third kappa shape index (κ3) is 2.34. The number of nitrogens with two attached hydrogens (primary N) is 1. The van der Waals surface area contributed by atoms with Gasteiger partial charge >= 0.3 is 0 Å². The van der Waals surface area contributed by atoms with E-state index in [9.17, 15) is 4.79 Å². The molecule has 6 heteroatoms. The van der Waals surface area contributed by atoms with E-state index in [0.29, 0.717) is 22.1 Å². The number of thiazole rings is 1. The van der Waals surface area contributed by atoms with Gasteiger partial charge in [-0.3, -0.25) is 10.1 Å². The number of nitrogen functional groups attached to an aromatic ring is 1. The highest BCUT2D eigenvalue weighted by Crippen LogP contribution is 2.31. The first-order valence-corrected chi connectivity index (χ1v) is 7.22. The molecule has 5 nitrogen and oxygen atoms in total. The molecule has 3 rings (SSSR count). The van der Waals surface area contributed by atoms with Gasteiger partial charge in [-0.05, 0) is 37.5 Å². The van der Waals surface area contributed by atoms with Crippen molar-refractivity contribution in [3.05, 3.63) is 34.3 Å². The molecule has 1 aromatic heterocycles. The van der Waals surface area contributed by atoms with E-state index in [2.05, 4.69) is 10.3 Å². The van der Waals surface area contributed by atoms with Gasteiger partial charge < -0.3 is 10.5 Å². The van der Waals surface area contributed by atoms with Crippen LogP contribution in [0.1, 0.15) is 27.3 Å². The average molecular weight is 289 g/mol. The normalized spacial score (nSPS) is 13.1. The molecule has 0 unspecified atom stereocenters. The number of nitrogens with zero attached hydrogens (tertiary/aromatic N) is 1. The number of amides is 1. The molecule has 1 aliphatic rings. The number of benzene rings is 1. The lowest BCUT2D eigenvalue weighted by atomic mass is 10.1. The lowest BCUT2D eigenvalue weighted by Gasteiger charge is -2.07. The number of nitrogens with one attached hydrogen (secondary N) is 1. The Morgan fingerprint density at radius 1 is 1.45 bits per heavy atom. The van der Waals surface area contributed by atoms with E-state index in [1.807, 2.05) is 0 Å². The van der Waals surface area contributed by atoms with Gasteiger partial charge in [0.2, 0.25) is 0 Å². The molecule has 0 bridgehead atoms. The number of hydrogen-bond acceptors (Lipinski definition) is 5. The zero-order chi connectivity index (χ0) is 14.1. The molecule has 0 saturated carbocycles. The Morgan fingerprint density at radius 3 is 3.05 bits per heavy atom. The topological polar surface area (TPSA) is 77.2 Å². The summed E-state index contributed by atoms with van der Waals surface area (Å²) in [6.07, 6.45) is 3.22. The Bertz CT molecular complexity index is 645. The Morgan fingerprint density at radius 2 is 2.30 bits per heavy atom. The van der Waals surface area contributed by atoms with Crippen LogP contribution >= 0.6 is 11.3 Å². The molecule has 20 heavy (non-hydrogen) atoms. The maximum Gasteiger partial charge on any atom is 0.259 e. The molecule has 1 amide bonds. The van der Waals surface area contributed by atoms with Crippen LogP contribution in [0.15, 0.2) is 18.2 Å². The van der Waals surface area contributed by atoms with Gasteiger partial charge in [0.15, 0.2) is 5.13 Å².